The standard InChI is InChI=1S/C12H16N4OS/c1-8-4-5-11(18-8)9(2)16(3)12(17)15-10-6-13-14-7-10/h4-7,9H,1-3H3,(H,13,14)(H,15,17)/t9-/m1/s1. The van der Waals surface area contributed by atoms with Crippen molar-refractivity contribution in [2.24, 2.45) is 0 Å². The van der Waals surface area contributed by atoms with Crippen molar-refractivity contribution < 1.29 is 4.79 Å². The minimum Gasteiger partial charge on any atom is -0.320 e. The van der Waals surface area contributed by atoms with Gasteiger partial charge < -0.3 is 10.2 Å². The van der Waals surface area contributed by atoms with Crippen LogP contribution < -0.4 is 5.32 Å². The molecule has 96 valence electrons. The van der Waals surface area contributed by atoms with Crippen molar-refractivity contribution in [2.45, 2.75) is 19.9 Å². The Morgan fingerprint density at radius 3 is 2.89 bits per heavy atom. The van der Waals surface area contributed by atoms with Gasteiger partial charge in [0, 0.05) is 23.0 Å². The molecule has 0 bridgehead atoms. The van der Waals surface area contributed by atoms with E-state index >= 15 is 0 Å². The molecule has 0 aliphatic heterocycles. The number of rotatable bonds is 3. The highest BCUT2D eigenvalue weighted by Gasteiger charge is 2.18. The summed E-state index contributed by atoms with van der Waals surface area (Å²) in [4.78, 5) is 16.1. The number of hydrogen-bond donors (Lipinski definition) is 2. The van der Waals surface area contributed by atoms with Gasteiger partial charge >= 0.3 is 6.03 Å². The summed E-state index contributed by atoms with van der Waals surface area (Å²) in [6.07, 6.45) is 3.22. The minimum absolute atomic E-state index is 0.0515. The first-order valence-electron chi connectivity index (χ1n) is 5.67. The van der Waals surface area contributed by atoms with Crippen molar-refractivity contribution in [3.8, 4) is 0 Å². The SMILES string of the molecule is Cc1ccc([C@@H](C)N(C)C(=O)Nc2cn[nH]c2)s1. The molecule has 0 saturated carbocycles. The number of amides is 2. The zero-order valence-corrected chi connectivity index (χ0v) is 11.4. The molecule has 0 unspecified atom stereocenters. The number of carbonyl (C=O) groups is 1. The molecule has 0 spiro atoms. The summed E-state index contributed by atoms with van der Waals surface area (Å²) in [5.41, 5.74) is 0.668. The van der Waals surface area contributed by atoms with Crippen molar-refractivity contribution in [3.63, 3.8) is 0 Å². The molecule has 0 saturated heterocycles. The fraction of sp³-hybridized carbons (Fsp3) is 0.333. The molecule has 0 aliphatic rings. The highest BCUT2D eigenvalue weighted by Crippen LogP contribution is 2.26. The second-order valence-electron chi connectivity index (χ2n) is 4.15. The summed E-state index contributed by atoms with van der Waals surface area (Å²) in [6, 6.07) is 4.04. The molecule has 5 nitrogen and oxygen atoms in total. The first-order valence-corrected chi connectivity index (χ1v) is 6.48. The first-order chi connectivity index (χ1) is 8.58. The molecule has 0 aliphatic carbocycles. The number of hydrogen-bond acceptors (Lipinski definition) is 3. The third-order valence-corrected chi connectivity index (χ3v) is 3.99. The maximum atomic E-state index is 12.0. The lowest BCUT2D eigenvalue weighted by molar-refractivity contribution is 0.209. The van der Waals surface area contributed by atoms with Crippen LogP contribution in [0.15, 0.2) is 24.5 Å². The van der Waals surface area contributed by atoms with E-state index in [1.807, 2.05) is 6.92 Å². The van der Waals surface area contributed by atoms with Crippen LogP contribution >= 0.6 is 11.3 Å². The van der Waals surface area contributed by atoms with E-state index in [0.717, 1.165) is 0 Å². The minimum atomic E-state index is -0.144. The second kappa shape index (κ2) is 5.22. The Bertz CT molecular complexity index is 520. The molecule has 2 N–H and O–H groups in total. The van der Waals surface area contributed by atoms with Crippen LogP contribution in [0.25, 0.3) is 0 Å². The molecule has 0 fully saturated rings. The highest BCUT2D eigenvalue weighted by molar-refractivity contribution is 7.12. The van der Waals surface area contributed by atoms with Crippen molar-refractivity contribution in [2.75, 3.05) is 12.4 Å². The zero-order chi connectivity index (χ0) is 13.1. The van der Waals surface area contributed by atoms with Crippen molar-refractivity contribution >= 4 is 23.1 Å². The van der Waals surface area contributed by atoms with E-state index in [-0.39, 0.29) is 12.1 Å². The number of urea groups is 1. The van der Waals surface area contributed by atoms with Crippen LogP contribution in [0, 0.1) is 6.92 Å². The van der Waals surface area contributed by atoms with Gasteiger partial charge in [-0.1, -0.05) is 0 Å². The predicted molar refractivity (Wildman–Crippen MR) is 72.8 cm³/mol. The van der Waals surface area contributed by atoms with E-state index in [4.69, 9.17) is 0 Å². The Morgan fingerprint density at radius 2 is 2.33 bits per heavy atom. The van der Waals surface area contributed by atoms with Crippen LogP contribution in [0.4, 0.5) is 10.5 Å². The van der Waals surface area contributed by atoms with Gasteiger partial charge in [0.1, 0.15) is 0 Å². The summed E-state index contributed by atoms with van der Waals surface area (Å²) in [6.45, 7) is 4.08. The van der Waals surface area contributed by atoms with Gasteiger partial charge in [0.05, 0.1) is 17.9 Å². The fourth-order valence-corrected chi connectivity index (χ4v) is 2.55. The highest BCUT2D eigenvalue weighted by atomic mass is 32.1. The van der Waals surface area contributed by atoms with Crippen LogP contribution in [0.2, 0.25) is 0 Å². The van der Waals surface area contributed by atoms with E-state index in [2.05, 4.69) is 34.6 Å². The Hall–Kier alpha value is -1.82. The fourth-order valence-electron chi connectivity index (χ4n) is 1.58. The molecule has 6 heteroatoms. The van der Waals surface area contributed by atoms with Crippen molar-refractivity contribution in [1.29, 1.82) is 0 Å². The van der Waals surface area contributed by atoms with Crippen molar-refractivity contribution in [1.82, 2.24) is 15.1 Å². The number of anilines is 1. The van der Waals surface area contributed by atoms with Crippen LogP contribution in [0.3, 0.4) is 0 Å². The van der Waals surface area contributed by atoms with Crippen LogP contribution in [0.1, 0.15) is 22.7 Å². The number of aryl methyl sites for hydroxylation is 1. The van der Waals surface area contributed by atoms with E-state index in [0.29, 0.717) is 5.69 Å². The average molecular weight is 264 g/mol. The van der Waals surface area contributed by atoms with Gasteiger partial charge in [-0.05, 0) is 26.0 Å². The molecule has 2 aromatic rings. The van der Waals surface area contributed by atoms with Gasteiger partial charge in [-0.25, -0.2) is 4.79 Å². The van der Waals surface area contributed by atoms with Gasteiger partial charge in [-0.15, -0.1) is 11.3 Å². The molecule has 2 rings (SSSR count). The predicted octanol–water partition coefficient (Wildman–Crippen LogP) is 3.00. The summed E-state index contributed by atoms with van der Waals surface area (Å²) >= 11 is 1.71. The monoisotopic (exact) mass is 264 g/mol. The topological polar surface area (TPSA) is 61.0 Å². The van der Waals surface area contributed by atoms with Gasteiger partial charge in [0.2, 0.25) is 0 Å². The lowest BCUT2D eigenvalue weighted by Gasteiger charge is -2.24. The third-order valence-electron chi connectivity index (χ3n) is 2.82. The Balaban J connectivity index is 2.02. The summed E-state index contributed by atoms with van der Waals surface area (Å²) in [5, 5.41) is 9.22. The Morgan fingerprint density at radius 1 is 1.56 bits per heavy atom. The molecule has 2 aromatic heterocycles. The molecule has 2 heterocycles. The lowest BCUT2D eigenvalue weighted by atomic mass is 10.2. The maximum Gasteiger partial charge on any atom is 0.322 e. The largest absolute Gasteiger partial charge is 0.322 e. The smallest absolute Gasteiger partial charge is 0.320 e. The number of thiophene rings is 1. The molecular weight excluding hydrogens is 248 g/mol. The quantitative estimate of drug-likeness (QED) is 0.895. The maximum absolute atomic E-state index is 12.0. The van der Waals surface area contributed by atoms with Gasteiger partial charge in [-0.3, -0.25) is 5.10 Å². The summed E-state index contributed by atoms with van der Waals surface area (Å²) in [7, 11) is 1.79. The third kappa shape index (κ3) is 2.70. The van der Waals surface area contributed by atoms with Crippen LogP contribution in [-0.2, 0) is 0 Å². The second-order valence-corrected chi connectivity index (χ2v) is 5.47. The first kappa shape index (κ1) is 12.6. The molecule has 18 heavy (non-hydrogen) atoms. The molecule has 1 atom stereocenters. The normalized spacial score (nSPS) is 12.2. The van der Waals surface area contributed by atoms with E-state index in [9.17, 15) is 4.79 Å². The average Bonchev–Trinajstić information content (AvgIpc) is 2.98. The van der Waals surface area contributed by atoms with Gasteiger partial charge in [0.15, 0.2) is 0 Å². The molecule has 0 aromatic carbocycles. The zero-order valence-electron chi connectivity index (χ0n) is 10.6. The Labute approximate surface area is 110 Å². The number of H-pyrrole nitrogens is 1. The van der Waals surface area contributed by atoms with E-state index in [1.165, 1.54) is 9.75 Å². The number of aromatic nitrogens is 2. The lowest BCUT2D eigenvalue weighted by Crippen LogP contribution is -2.33. The van der Waals surface area contributed by atoms with Crippen molar-refractivity contribution in [3.05, 3.63) is 34.3 Å². The molecule has 2 amide bonds. The van der Waals surface area contributed by atoms with E-state index < -0.39 is 0 Å². The Kier molecular flexibility index (Phi) is 3.66. The van der Waals surface area contributed by atoms with Crippen LogP contribution in [0.5, 0.6) is 0 Å². The number of aromatic amines is 1. The molecule has 0 radical (unpaired) electrons. The van der Waals surface area contributed by atoms with Crippen LogP contribution in [-0.4, -0.2) is 28.2 Å². The van der Waals surface area contributed by atoms with Gasteiger partial charge in [-0.2, -0.15) is 5.10 Å². The number of nitrogens with one attached hydrogen (secondary N) is 2. The summed E-state index contributed by atoms with van der Waals surface area (Å²) < 4.78 is 0. The summed E-state index contributed by atoms with van der Waals surface area (Å²) in [5.74, 6) is 0. The van der Waals surface area contributed by atoms with E-state index in [1.54, 1.807) is 35.7 Å². The van der Waals surface area contributed by atoms with Gasteiger partial charge in [0.25, 0.3) is 0 Å². The number of nitrogens with zero attached hydrogens (tertiary/aromatic N) is 2. The molecular formula is C12H16N4OS. The number of carbonyl (C=O) groups excluding carboxylic acids is 1.